The first-order valence-corrected chi connectivity index (χ1v) is 5.28. The lowest BCUT2D eigenvalue weighted by Gasteiger charge is -2.08. The second-order valence-electron chi connectivity index (χ2n) is 3.03. The van der Waals surface area contributed by atoms with Crippen LogP contribution in [0.15, 0.2) is 15.5 Å². The van der Waals surface area contributed by atoms with E-state index in [1.54, 1.807) is 14.0 Å². The highest BCUT2D eigenvalue weighted by Gasteiger charge is 2.06. The molecule has 0 aliphatic carbocycles. The summed E-state index contributed by atoms with van der Waals surface area (Å²) in [5.74, 6) is 0.508. The van der Waals surface area contributed by atoms with Crippen molar-refractivity contribution in [1.29, 1.82) is 0 Å². The number of hydrogen-bond donors (Lipinski definition) is 1. The molecule has 6 heteroatoms. The first kappa shape index (κ1) is 11.9. The number of hydrogen-bond acceptors (Lipinski definition) is 3. The molecule has 0 aliphatic heterocycles. The van der Waals surface area contributed by atoms with E-state index in [0.717, 1.165) is 0 Å². The zero-order valence-corrected chi connectivity index (χ0v) is 10.2. The van der Waals surface area contributed by atoms with Gasteiger partial charge in [-0.1, -0.05) is 0 Å². The third-order valence-electron chi connectivity index (χ3n) is 2.05. The maximum absolute atomic E-state index is 11.6. The second kappa shape index (κ2) is 5.06. The largest absolute Gasteiger partial charge is 0.359 e. The van der Waals surface area contributed by atoms with Crippen molar-refractivity contribution in [3.8, 4) is 0 Å². The third kappa shape index (κ3) is 2.89. The second-order valence-corrected chi connectivity index (χ2v) is 3.89. The van der Waals surface area contributed by atoms with E-state index in [1.165, 1.54) is 10.8 Å². The van der Waals surface area contributed by atoms with Crippen LogP contribution in [0.2, 0.25) is 0 Å². The van der Waals surface area contributed by atoms with Crippen LogP contribution in [-0.2, 0) is 11.3 Å². The standard InChI is InChI=1S/C9H12BrN3O2/c1-6-12-5-7(10)9(15)13(6)4-3-8(14)11-2/h5H,3-4H2,1-2H3,(H,11,14). The molecular weight excluding hydrogens is 262 g/mol. The Hall–Kier alpha value is -1.17. The molecule has 1 aromatic rings. The predicted molar refractivity (Wildman–Crippen MR) is 59.6 cm³/mol. The summed E-state index contributed by atoms with van der Waals surface area (Å²) in [6.45, 7) is 2.08. The molecule has 0 aromatic carbocycles. The van der Waals surface area contributed by atoms with Gasteiger partial charge in [-0.15, -0.1) is 0 Å². The fourth-order valence-corrected chi connectivity index (χ4v) is 1.47. The van der Waals surface area contributed by atoms with Gasteiger partial charge in [0.25, 0.3) is 5.56 Å². The van der Waals surface area contributed by atoms with Crippen molar-refractivity contribution in [2.75, 3.05) is 7.05 Å². The molecule has 0 atom stereocenters. The van der Waals surface area contributed by atoms with Gasteiger partial charge in [0.15, 0.2) is 0 Å². The third-order valence-corrected chi connectivity index (χ3v) is 2.59. The molecule has 0 saturated carbocycles. The molecule has 0 spiro atoms. The predicted octanol–water partition coefficient (Wildman–Crippen LogP) is 0.450. The number of aryl methyl sites for hydroxylation is 1. The van der Waals surface area contributed by atoms with Gasteiger partial charge in [0.05, 0.1) is 0 Å². The van der Waals surface area contributed by atoms with E-state index >= 15 is 0 Å². The normalized spacial score (nSPS) is 10.1. The summed E-state index contributed by atoms with van der Waals surface area (Å²) in [6, 6.07) is 0. The molecule has 0 fully saturated rings. The number of amides is 1. The summed E-state index contributed by atoms with van der Waals surface area (Å²) >= 11 is 3.11. The zero-order chi connectivity index (χ0) is 11.4. The van der Waals surface area contributed by atoms with E-state index in [9.17, 15) is 9.59 Å². The number of halogens is 1. The molecule has 0 aliphatic rings. The molecule has 0 bridgehead atoms. The SMILES string of the molecule is CNC(=O)CCn1c(C)ncc(Br)c1=O. The van der Waals surface area contributed by atoms with Gasteiger partial charge in [-0.25, -0.2) is 4.98 Å². The topological polar surface area (TPSA) is 64.0 Å². The lowest BCUT2D eigenvalue weighted by atomic mass is 10.4. The first-order valence-electron chi connectivity index (χ1n) is 4.48. The minimum Gasteiger partial charge on any atom is -0.359 e. The monoisotopic (exact) mass is 273 g/mol. The Bertz CT molecular complexity index is 428. The van der Waals surface area contributed by atoms with Gasteiger partial charge < -0.3 is 5.32 Å². The number of carbonyl (C=O) groups excluding carboxylic acids is 1. The number of carbonyl (C=O) groups is 1. The van der Waals surface area contributed by atoms with Crippen molar-refractivity contribution in [2.45, 2.75) is 19.9 Å². The highest BCUT2D eigenvalue weighted by Crippen LogP contribution is 2.01. The Kier molecular flexibility index (Phi) is 4.02. The quantitative estimate of drug-likeness (QED) is 0.870. The zero-order valence-electron chi connectivity index (χ0n) is 8.58. The van der Waals surface area contributed by atoms with Gasteiger partial charge in [-0.05, 0) is 22.9 Å². The van der Waals surface area contributed by atoms with E-state index in [1.807, 2.05) is 0 Å². The minimum atomic E-state index is -0.161. The summed E-state index contributed by atoms with van der Waals surface area (Å²) in [4.78, 5) is 26.7. The van der Waals surface area contributed by atoms with Crippen LogP contribution in [0, 0.1) is 6.92 Å². The minimum absolute atomic E-state index is 0.0960. The van der Waals surface area contributed by atoms with Gasteiger partial charge in [0.2, 0.25) is 5.91 Å². The Morgan fingerprint density at radius 3 is 2.93 bits per heavy atom. The number of aromatic nitrogens is 2. The van der Waals surface area contributed by atoms with Crippen molar-refractivity contribution in [3.63, 3.8) is 0 Å². The van der Waals surface area contributed by atoms with Gasteiger partial charge in [-0.3, -0.25) is 14.2 Å². The van der Waals surface area contributed by atoms with Gasteiger partial charge in [0.1, 0.15) is 10.3 Å². The highest BCUT2D eigenvalue weighted by molar-refractivity contribution is 9.10. The van der Waals surface area contributed by atoms with Crippen molar-refractivity contribution in [3.05, 3.63) is 26.8 Å². The molecule has 5 nitrogen and oxygen atoms in total. The fraction of sp³-hybridized carbons (Fsp3) is 0.444. The van der Waals surface area contributed by atoms with Crippen LogP contribution in [-0.4, -0.2) is 22.5 Å². The van der Waals surface area contributed by atoms with E-state index in [2.05, 4.69) is 26.2 Å². The molecule has 1 amide bonds. The van der Waals surface area contributed by atoms with Crippen LogP contribution < -0.4 is 10.9 Å². The molecule has 15 heavy (non-hydrogen) atoms. The van der Waals surface area contributed by atoms with Gasteiger partial charge in [0, 0.05) is 26.2 Å². The van der Waals surface area contributed by atoms with Crippen LogP contribution in [0.25, 0.3) is 0 Å². The van der Waals surface area contributed by atoms with Crippen LogP contribution in [0.5, 0.6) is 0 Å². The number of rotatable bonds is 3. The number of nitrogens with zero attached hydrogens (tertiary/aromatic N) is 2. The van der Waals surface area contributed by atoms with Crippen LogP contribution >= 0.6 is 15.9 Å². The van der Waals surface area contributed by atoms with Crippen molar-refractivity contribution in [1.82, 2.24) is 14.9 Å². The summed E-state index contributed by atoms with van der Waals surface area (Å²) in [6.07, 6.45) is 1.74. The molecule has 0 saturated heterocycles. The highest BCUT2D eigenvalue weighted by atomic mass is 79.9. The Balaban J connectivity index is 2.90. The van der Waals surface area contributed by atoms with Crippen LogP contribution in [0.1, 0.15) is 12.2 Å². The lowest BCUT2D eigenvalue weighted by Crippen LogP contribution is -2.27. The Morgan fingerprint density at radius 1 is 1.67 bits per heavy atom. The molecule has 1 N–H and O–H groups in total. The average molecular weight is 274 g/mol. The maximum atomic E-state index is 11.6. The van der Waals surface area contributed by atoms with Gasteiger partial charge in [-0.2, -0.15) is 0 Å². The summed E-state index contributed by atoms with van der Waals surface area (Å²) in [5, 5.41) is 2.50. The number of nitrogens with one attached hydrogen (secondary N) is 1. The maximum Gasteiger partial charge on any atom is 0.267 e. The van der Waals surface area contributed by atoms with Crippen LogP contribution in [0.3, 0.4) is 0 Å². The molecule has 0 unspecified atom stereocenters. The lowest BCUT2D eigenvalue weighted by molar-refractivity contribution is -0.120. The Labute approximate surface area is 95.6 Å². The average Bonchev–Trinajstić information content (AvgIpc) is 2.23. The van der Waals surface area contributed by atoms with E-state index in [-0.39, 0.29) is 17.9 Å². The van der Waals surface area contributed by atoms with Crippen molar-refractivity contribution >= 4 is 21.8 Å². The molecule has 1 heterocycles. The molecule has 1 aromatic heterocycles. The first-order chi connectivity index (χ1) is 7.06. The molecule has 82 valence electrons. The van der Waals surface area contributed by atoms with Crippen molar-refractivity contribution < 1.29 is 4.79 Å². The van der Waals surface area contributed by atoms with E-state index in [4.69, 9.17) is 0 Å². The van der Waals surface area contributed by atoms with E-state index in [0.29, 0.717) is 16.8 Å². The Morgan fingerprint density at radius 2 is 2.33 bits per heavy atom. The summed E-state index contributed by atoms with van der Waals surface area (Å²) in [5.41, 5.74) is -0.161. The molecule has 1 rings (SSSR count). The van der Waals surface area contributed by atoms with Crippen LogP contribution in [0.4, 0.5) is 0 Å². The van der Waals surface area contributed by atoms with Crippen molar-refractivity contribution in [2.24, 2.45) is 0 Å². The van der Waals surface area contributed by atoms with Gasteiger partial charge >= 0.3 is 0 Å². The molecule has 0 radical (unpaired) electrons. The van der Waals surface area contributed by atoms with E-state index < -0.39 is 0 Å². The summed E-state index contributed by atoms with van der Waals surface area (Å²) in [7, 11) is 1.57. The molecular formula is C9H12BrN3O2. The fourth-order valence-electron chi connectivity index (χ4n) is 1.15. The summed E-state index contributed by atoms with van der Waals surface area (Å²) < 4.78 is 1.88. The smallest absolute Gasteiger partial charge is 0.267 e.